The number of benzene rings is 1. The molecule has 1 aliphatic heterocycles. The molecule has 0 aliphatic carbocycles. The molecular weight excluding hydrogens is 236 g/mol. The molecule has 19 heavy (non-hydrogen) atoms. The number of aryl methyl sites for hydroxylation is 2. The maximum absolute atomic E-state index is 9.42. The van der Waals surface area contributed by atoms with Crippen LogP contribution in [0.5, 0.6) is 0 Å². The Hall–Kier alpha value is -0.900. The molecule has 2 rings (SSSR count). The molecule has 1 fully saturated rings. The van der Waals surface area contributed by atoms with Crippen LogP contribution in [-0.2, 0) is 6.54 Å². The first-order valence-electron chi connectivity index (χ1n) is 7.23. The summed E-state index contributed by atoms with van der Waals surface area (Å²) >= 11 is 0. The Morgan fingerprint density at radius 2 is 1.74 bits per heavy atom. The van der Waals surface area contributed by atoms with Gasteiger partial charge in [0.05, 0.1) is 6.10 Å². The minimum absolute atomic E-state index is 0.217. The lowest BCUT2D eigenvalue weighted by Gasteiger charge is -2.35. The van der Waals surface area contributed by atoms with Gasteiger partial charge in [-0.1, -0.05) is 23.8 Å². The molecule has 0 amide bonds. The van der Waals surface area contributed by atoms with E-state index in [1.165, 1.54) is 16.7 Å². The number of hydrogen-bond donors (Lipinski definition) is 1. The zero-order valence-corrected chi connectivity index (χ0v) is 12.4. The van der Waals surface area contributed by atoms with Crippen molar-refractivity contribution in [3.05, 3.63) is 34.9 Å². The van der Waals surface area contributed by atoms with Crippen LogP contribution in [0, 0.1) is 13.8 Å². The van der Waals surface area contributed by atoms with Crippen LogP contribution in [-0.4, -0.2) is 53.7 Å². The average Bonchev–Trinajstić information content (AvgIpc) is 2.35. The van der Waals surface area contributed by atoms with Crippen LogP contribution in [0.3, 0.4) is 0 Å². The number of aliphatic hydroxyl groups excluding tert-OH is 1. The van der Waals surface area contributed by atoms with Gasteiger partial charge in [0, 0.05) is 39.3 Å². The van der Waals surface area contributed by atoms with Crippen LogP contribution in [0.2, 0.25) is 0 Å². The summed E-state index contributed by atoms with van der Waals surface area (Å²) in [5.74, 6) is 0. The van der Waals surface area contributed by atoms with Gasteiger partial charge in [0.1, 0.15) is 0 Å². The average molecular weight is 262 g/mol. The van der Waals surface area contributed by atoms with Crippen molar-refractivity contribution in [2.24, 2.45) is 0 Å². The van der Waals surface area contributed by atoms with Crippen LogP contribution in [0.15, 0.2) is 18.2 Å². The summed E-state index contributed by atoms with van der Waals surface area (Å²) in [5, 5.41) is 9.42. The van der Waals surface area contributed by atoms with Crippen LogP contribution in [0.4, 0.5) is 0 Å². The second-order valence-corrected chi connectivity index (χ2v) is 5.86. The zero-order valence-electron chi connectivity index (χ0n) is 12.4. The molecule has 1 heterocycles. The smallest absolute Gasteiger partial charge is 0.0639 e. The minimum atomic E-state index is -0.217. The highest BCUT2D eigenvalue weighted by Gasteiger charge is 2.18. The Kier molecular flexibility index (Phi) is 4.97. The van der Waals surface area contributed by atoms with Gasteiger partial charge in [-0.25, -0.2) is 0 Å². The first-order valence-corrected chi connectivity index (χ1v) is 7.23. The van der Waals surface area contributed by atoms with E-state index in [-0.39, 0.29) is 6.10 Å². The van der Waals surface area contributed by atoms with E-state index in [2.05, 4.69) is 41.8 Å². The number of nitrogens with zero attached hydrogens (tertiary/aromatic N) is 2. The Morgan fingerprint density at radius 1 is 1.11 bits per heavy atom. The van der Waals surface area contributed by atoms with E-state index in [1.807, 2.05) is 6.92 Å². The van der Waals surface area contributed by atoms with Gasteiger partial charge in [-0.3, -0.25) is 9.80 Å². The van der Waals surface area contributed by atoms with Crippen molar-refractivity contribution in [1.29, 1.82) is 0 Å². The van der Waals surface area contributed by atoms with Crippen molar-refractivity contribution >= 4 is 0 Å². The van der Waals surface area contributed by atoms with Crippen molar-refractivity contribution in [1.82, 2.24) is 9.80 Å². The fourth-order valence-electron chi connectivity index (χ4n) is 2.72. The van der Waals surface area contributed by atoms with E-state index in [1.54, 1.807) is 0 Å². The second-order valence-electron chi connectivity index (χ2n) is 5.86. The van der Waals surface area contributed by atoms with Crippen LogP contribution in [0.25, 0.3) is 0 Å². The molecule has 1 saturated heterocycles. The summed E-state index contributed by atoms with van der Waals surface area (Å²) in [6, 6.07) is 6.70. The van der Waals surface area contributed by atoms with E-state index in [0.29, 0.717) is 0 Å². The van der Waals surface area contributed by atoms with E-state index in [4.69, 9.17) is 0 Å². The lowest BCUT2D eigenvalue weighted by atomic mass is 10.0. The van der Waals surface area contributed by atoms with Crippen molar-refractivity contribution in [3.8, 4) is 0 Å². The summed E-state index contributed by atoms with van der Waals surface area (Å²) in [4.78, 5) is 4.87. The Labute approximate surface area is 116 Å². The van der Waals surface area contributed by atoms with E-state index in [9.17, 15) is 5.11 Å². The third kappa shape index (κ3) is 4.30. The van der Waals surface area contributed by atoms with Gasteiger partial charge in [-0.15, -0.1) is 0 Å². The normalized spacial score (nSPS) is 19.6. The lowest BCUT2D eigenvalue weighted by Crippen LogP contribution is -2.47. The van der Waals surface area contributed by atoms with Crippen molar-refractivity contribution < 1.29 is 5.11 Å². The summed E-state index contributed by atoms with van der Waals surface area (Å²) in [6.45, 7) is 12.4. The predicted octanol–water partition coefficient (Wildman–Crippen LogP) is 1.80. The topological polar surface area (TPSA) is 26.7 Å². The highest BCUT2D eigenvalue weighted by atomic mass is 16.3. The van der Waals surface area contributed by atoms with Gasteiger partial charge in [0.15, 0.2) is 0 Å². The molecule has 0 radical (unpaired) electrons. The molecule has 1 atom stereocenters. The summed E-state index contributed by atoms with van der Waals surface area (Å²) in [7, 11) is 0. The Bertz CT molecular complexity index is 409. The first kappa shape index (κ1) is 14.5. The number of aliphatic hydroxyl groups is 1. The third-order valence-corrected chi connectivity index (χ3v) is 3.89. The van der Waals surface area contributed by atoms with Crippen LogP contribution < -0.4 is 0 Å². The van der Waals surface area contributed by atoms with Gasteiger partial charge in [0.2, 0.25) is 0 Å². The highest BCUT2D eigenvalue weighted by Crippen LogP contribution is 2.14. The largest absolute Gasteiger partial charge is 0.392 e. The molecule has 3 nitrogen and oxygen atoms in total. The minimum Gasteiger partial charge on any atom is -0.392 e. The van der Waals surface area contributed by atoms with Gasteiger partial charge in [0.25, 0.3) is 0 Å². The number of rotatable bonds is 4. The Morgan fingerprint density at radius 3 is 2.37 bits per heavy atom. The molecule has 0 spiro atoms. The summed E-state index contributed by atoms with van der Waals surface area (Å²) in [6.07, 6.45) is -0.217. The SMILES string of the molecule is Cc1ccc(C)c(CN2CCN(CC(C)O)CC2)c1. The van der Waals surface area contributed by atoms with E-state index < -0.39 is 0 Å². The van der Waals surface area contributed by atoms with Crippen molar-refractivity contribution in [3.63, 3.8) is 0 Å². The standard InChI is InChI=1S/C16H26N2O/c1-13-4-5-14(2)16(10-13)12-18-8-6-17(7-9-18)11-15(3)19/h4-5,10,15,19H,6-9,11-12H2,1-3H3. The lowest BCUT2D eigenvalue weighted by molar-refractivity contribution is 0.0780. The molecule has 1 aromatic carbocycles. The molecule has 0 bridgehead atoms. The van der Waals surface area contributed by atoms with Gasteiger partial charge < -0.3 is 5.11 Å². The van der Waals surface area contributed by atoms with Gasteiger partial charge in [-0.2, -0.15) is 0 Å². The predicted molar refractivity (Wildman–Crippen MR) is 79.3 cm³/mol. The molecule has 1 aromatic rings. The molecule has 1 unspecified atom stereocenters. The van der Waals surface area contributed by atoms with E-state index >= 15 is 0 Å². The number of piperazine rings is 1. The second kappa shape index (κ2) is 6.51. The maximum Gasteiger partial charge on any atom is 0.0639 e. The summed E-state index contributed by atoms with van der Waals surface area (Å²) < 4.78 is 0. The molecule has 1 aliphatic rings. The number of hydrogen-bond acceptors (Lipinski definition) is 3. The maximum atomic E-state index is 9.42. The number of β-amino-alcohol motifs (C(OH)–C–C–N with tert-alkyl or cyclic N) is 1. The Balaban J connectivity index is 1.87. The molecular formula is C16H26N2O. The molecule has 0 aromatic heterocycles. The monoisotopic (exact) mass is 262 g/mol. The van der Waals surface area contributed by atoms with E-state index in [0.717, 1.165) is 39.3 Å². The molecule has 106 valence electrons. The molecule has 1 N–H and O–H groups in total. The quantitative estimate of drug-likeness (QED) is 0.896. The van der Waals surface area contributed by atoms with Crippen LogP contribution in [0.1, 0.15) is 23.6 Å². The van der Waals surface area contributed by atoms with Crippen LogP contribution >= 0.6 is 0 Å². The third-order valence-electron chi connectivity index (χ3n) is 3.89. The molecule has 3 heteroatoms. The van der Waals surface area contributed by atoms with Gasteiger partial charge in [-0.05, 0) is 31.9 Å². The first-order chi connectivity index (χ1) is 9.04. The van der Waals surface area contributed by atoms with Gasteiger partial charge >= 0.3 is 0 Å². The molecule has 0 saturated carbocycles. The fourth-order valence-corrected chi connectivity index (χ4v) is 2.72. The highest BCUT2D eigenvalue weighted by molar-refractivity contribution is 5.30. The zero-order chi connectivity index (χ0) is 13.8. The van der Waals surface area contributed by atoms with Crippen molar-refractivity contribution in [2.75, 3.05) is 32.7 Å². The summed E-state index contributed by atoms with van der Waals surface area (Å²) in [5.41, 5.74) is 4.18. The van der Waals surface area contributed by atoms with Crippen molar-refractivity contribution in [2.45, 2.75) is 33.4 Å². The fraction of sp³-hybridized carbons (Fsp3) is 0.625.